The summed E-state index contributed by atoms with van der Waals surface area (Å²) >= 11 is 0. The maximum Gasteiger partial charge on any atom is 0.310 e. The van der Waals surface area contributed by atoms with Crippen LogP contribution < -0.4 is 0 Å². The average Bonchev–Trinajstić information content (AvgIpc) is 2.10. The molecule has 1 unspecified atom stereocenters. The van der Waals surface area contributed by atoms with E-state index in [1.54, 1.807) is 18.2 Å². The van der Waals surface area contributed by atoms with Crippen LogP contribution in [0, 0.1) is 5.92 Å². The lowest BCUT2D eigenvalue weighted by Gasteiger charge is -2.05. The number of carboxylic acid groups (broad SMARTS) is 1. The molecule has 2 heteroatoms. The van der Waals surface area contributed by atoms with Gasteiger partial charge in [0.25, 0.3) is 0 Å². The Labute approximate surface area is 80.0 Å². The molecule has 1 atom stereocenters. The monoisotopic (exact) mass is 182 g/mol. The minimum absolute atomic E-state index is 0.343. The first-order valence-corrected chi connectivity index (χ1v) is 4.74. The van der Waals surface area contributed by atoms with Crippen molar-refractivity contribution in [2.45, 2.75) is 32.6 Å². The number of carbonyl (C=O) groups is 1. The van der Waals surface area contributed by atoms with Gasteiger partial charge in [0.15, 0.2) is 0 Å². The van der Waals surface area contributed by atoms with Crippen molar-refractivity contribution in [1.82, 2.24) is 0 Å². The fraction of sp³-hybridized carbons (Fsp3) is 0.545. The summed E-state index contributed by atoms with van der Waals surface area (Å²) in [5.41, 5.74) is 0. The summed E-state index contributed by atoms with van der Waals surface area (Å²) in [7, 11) is 0. The van der Waals surface area contributed by atoms with Crippen molar-refractivity contribution < 1.29 is 9.90 Å². The quantitative estimate of drug-likeness (QED) is 0.485. The largest absolute Gasteiger partial charge is 0.481 e. The van der Waals surface area contributed by atoms with Gasteiger partial charge >= 0.3 is 5.97 Å². The third kappa shape index (κ3) is 6.14. The Hall–Kier alpha value is -1.05. The second kappa shape index (κ2) is 7.59. The molecule has 0 spiro atoms. The molecule has 0 amide bonds. The lowest BCUT2D eigenvalue weighted by Crippen LogP contribution is -2.10. The Morgan fingerprint density at radius 2 is 2.23 bits per heavy atom. The molecule has 0 heterocycles. The van der Waals surface area contributed by atoms with Crippen LogP contribution in [0.1, 0.15) is 32.6 Å². The van der Waals surface area contributed by atoms with E-state index in [0.29, 0.717) is 0 Å². The van der Waals surface area contributed by atoms with Gasteiger partial charge in [-0.15, -0.1) is 0 Å². The van der Waals surface area contributed by atoms with Crippen LogP contribution in [-0.2, 0) is 4.79 Å². The van der Waals surface area contributed by atoms with Crippen LogP contribution in [0.3, 0.4) is 0 Å². The molecular formula is C11H18O2. The van der Waals surface area contributed by atoms with Crippen LogP contribution in [0.15, 0.2) is 24.8 Å². The summed E-state index contributed by atoms with van der Waals surface area (Å²) in [4.78, 5) is 10.7. The zero-order valence-electron chi connectivity index (χ0n) is 8.20. The average molecular weight is 182 g/mol. The predicted molar refractivity (Wildman–Crippen MR) is 54.6 cm³/mol. The van der Waals surface area contributed by atoms with Crippen molar-refractivity contribution in [3.63, 3.8) is 0 Å². The number of aliphatic carboxylic acids is 1. The van der Waals surface area contributed by atoms with E-state index in [4.69, 9.17) is 5.11 Å². The topological polar surface area (TPSA) is 37.3 Å². The van der Waals surface area contributed by atoms with Crippen LogP contribution in [0.25, 0.3) is 0 Å². The molecule has 0 fully saturated rings. The molecule has 0 aliphatic heterocycles. The van der Waals surface area contributed by atoms with E-state index in [1.165, 1.54) is 0 Å². The SMILES string of the molecule is C=CC=CC(CCCCC)C(=O)O. The lowest BCUT2D eigenvalue weighted by atomic mass is 10.0. The summed E-state index contributed by atoms with van der Waals surface area (Å²) in [6.45, 7) is 5.62. The van der Waals surface area contributed by atoms with E-state index in [9.17, 15) is 4.79 Å². The van der Waals surface area contributed by atoms with Gasteiger partial charge in [0.1, 0.15) is 0 Å². The molecule has 0 saturated heterocycles. The Bertz CT molecular complexity index is 183. The van der Waals surface area contributed by atoms with E-state index in [1.807, 2.05) is 0 Å². The van der Waals surface area contributed by atoms with Gasteiger partial charge in [0.05, 0.1) is 5.92 Å². The number of allylic oxidation sites excluding steroid dienone is 2. The van der Waals surface area contributed by atoms with Crippen LogP contribution in [0.4, 0.5) is 0 Å². The van der Waals surface area contributed by atoms with Gasteiger partial charge in [0, 0.05) is 0 Å². The van der Waals surface area contributed by atoms with Gasteiger partial charge in [0.2, 0.25) is 0 Å². The second-order valence-corrected chi connectivity index (χ2v) is 3.06. The molecule has 1 N–H and O–H groups in total. The summed E-state index contributed by atoms with van der Waals surface area (Å²) in [6.07, 6.45) is 8.94. The Kier molecular flexibility index (Phi) is 6.98. The van der Waals surface area contributed by atoms with Gasteiger partial charge in [-0.05, 0) is 6.42 Å². The zero-order valence-corrected chi connectivity index (χ0v) is 8.20. The minimum atomic E-state index is -0.741. The van der Waals surface area contributed by atoms with Crippen LogP contribution in [0.2, 0.25) is 0 Å². The van der Waals surface area contributed by atoms with E-state index < -0.39 is 5.97 Å². The molecular weight excluding hydrogens is 164 g/mol. The summed E-state index contributed by atoms with van der Waals surface area (Å²) in [5.74, 6) is -1.08. The maximum absolute atomic E-state index is 10.7. The predicted octanol–water partition coefficient (Wildman–Crippen LogP) is 3.01. The summed E-state index contributed by atoms with van der Waals surface area (Å²) < 4.78 is 0. The molecule has 2 nitrogen and oxygen atoms in total. The number of rotatable bonds is 7. The molecule has 0 aromatic heterocycles. The van der Waals surface area contributed by atoms with Crippen molar-refractivity contribution in [1.29, 1.82) is 0 Å². The van der Waals surface area contributed by atoms with Crippen molar-refractivity contribution in [2.75, 3.05) is 0 Å². The third-order valence-electron chi connectivity index (χ3n) is 1.92. The highest BCUT2D eigenvalue weighted by Crippen LogP contribution is 2.11. The third-order valence-corrected chi connectivity index (χ3v) is 1.92. The number of unbranched alkanes of at least 4 members (excludes halogenated alkanes) is 2. The van der Waals surface area contributed by atoms with E-state index in [-0.39, 0.29) is 5.92 Å². The first-order chi connectivity index (χ1) is 6.22. The molecule has 0 saturated carbocycles. The first kappa shape index (κ1) is 11.9. The van der Waals surface area contributed by atoms with Crippen LogP contribution in [-0.4, -0.2) is 11.1 Å². The number of hydrogen-bond donors (Lipinski definition) is 1. The van der Waals surface area contributed by atoms with Gasteiger partial charge in [-0.3, -0.25) is 4.79 Å². The van der Waals surface area contributed by atoms with Crippen molar-refractivity contribution in [3.8, 4) is 0 Å². The second-order valence-electron chi connectivity index (χ2n) is 3.06. The molecule has 13 heavy (non-hydrogen) atoms. The number of carboxylic acids is 1. The highest BCUT2D eigenvalue weighted by molar-refractivity contribution is 5.72. The van der Waals surface area contributed by atoms with E-state index in [0.717, 1.165) is 25.7 Å². The summed E-state index contributed by atoms with van der Waals surface area (Å²) in [6, 6.07) is 0. The van der Waals surface area contributed by atoms with E-state index >= 15 is 0 Å². The van der Waals surface area contributed by atoms with Crippen LogP contribution >= 0.6 is 0 Å². The highest BCUT2D eigenvalue weighted by atomic mass is 16.4. The normalized spacial score (nSPS) is 13.0. The zero-order chi connectivity index (χ0) is 10.1. The van der Waals surface area contributed by atoms with Gasteiger partial charge < -0.3 is 5.11 Å². The van der Waals surface area contributed by atoms with Crippen molar-refractivity contribution in [3.05, 3.63) is 24.8 Å². The van der Waals surface area contributed by atoms with Gasteiger partial charge in [-0.1, -0.05) is 51.0 Å². The Morgan fingerprint density at radius 3 is 2.69 bits per heavy atom. The fourth-order valence-electron chi connectivity index (χ4n) is 1.13. The van der Waals surface area contributed by atoms with Gasteiger partial charge in [-0.25, -0.2) is 0 Å². The Morgan fingerprint density at radius 1 is 1.54 bits per heavy atom. The van der Waals surface area contributed by atoms with Crippen molar-refractivity contribution >= 4 is 5.97 Å². The molecule has 0 aromatic rings. The first-order valence-electron chi connectivity index (χ1n) is 4.74. The van der Waals surface area contributed by atoms with Gasteiger partial charge in [-0.2, -0.15) is 0 Å². The molecule has 0 bridgehead atoms. The summed E-state index contributed by atoms with van der Waals surface area (Å²) in [5, 5.41) is 8.81. The smallest absolute Gasteiger partial charge is 0.310 e. The minimum Gasteiger partial charge on any atom is -0.481 e. The molecule has 0 aliphatic rings. The van der Waals surface area contributed by atoms with Crippen LogP contribution in [0.5, 0.6) is 0 Å². The Balaban J connectivity index is 3.87. The molecule has 0 aliphatic carbocycles. The lowest BCUT2D eigenvalue weighted by molar-refractivity contribution is -0.140. The van der Waals surface area contributed by atoms with E-state index in [2.05, 4.69) is 13.5 Å². The molecule has 0 radical (unpaired) electrons. The standard InChI is InChI=1S/C11H18O2/c1-3-5-7-9-10(11(12)13)8-6-4-2/h4,6,8,10H,2-3,5,7,9H2,1H3,(H,12,13). The molecule has 0 rings (SSSR count). The molecule has 0 aromatic carbocycles. The highest BCUT2D eigenvalue weighted by Gasteiger charge is 2.11. The maximum atomic E-state index is 10.7. The van der Waals surface area contributed by atoms with Crippen molar-refractivity contribution in [2.24, 2.45) is 5.92 Å². The fourth-order valence-corrected chi connectivity index (χ4v) is 1.13. The molecule has 74 valence electrons. The number of hydrogen-bond acceptors (Lipinski definition) is 1.